The van der Waals surface area contributed by atoms with Gasteiger partial charge in [0.15, 0.2) is 5.82 Å². The Hall–Kier alpha value is -6.07. The minimum absolute atomic E-state index is 0.0117. The fourth-order valence-corrected chi connectivity index (χ4v) is 7.65. The van der Waals surface area contributed by atoms with Crippen LogP contribution in [-0.2, 0) is 31.5 Å². The van der Waals surface area contributed by atoms with Gasteiger partial charge in [-0.05, 0) is 125 Å². The summed E-state index contributed by atoms with van der Waals surface area (Å²) < 4.78 is 72.6. The average Bonchev–Trinajstić information content (AvgIpc) is 3.64. The number of fused-ring (bicyclic) bond motifs is 1. The van der Waals surface area contributed by atoms with Crippen molar-refractivity contribution in [3.05, 3.63) is 83.2 Å². The van der Waals surface area contributed by atoms with Crippen LogP contribution in [0.1, 0.15) is 86.6 Å². The molecule has 2 atom stereocenters. The topological polar surface area (TPSA) is 183 Å². The summed E-state index contributed by atoms with van der Waals surface area (Å²) in [6.45, 7) is 8.10. The Morgan fingerprint density at radius 2 is 1.66 bits per heavy atom. The van der Waals surface area contributed by atoms with Gasteiger partial charge >= 0.3 is 18.2 Å². The molecule has 0 unspecified atom stereocenters. The number of imidazole rings is 1. The lowest BCUT2D eigenvalue weighted by Gasteiger charge is -2.29. The number of benzene rings is 3. The van der Waals surface area contributed by atoms with Crippen molar-refractivity contribution in [1.82, 2.24) is 31.2 Å². The number of nitrogens with one attached hydrogen (secondary N) is 6. The number of aryl methyl sites for hydroxylation is 1. The zero-order valence-corrected chi connectivity index (χ0v) is 34.7. The molecule has 332 valence electrons. The lowest BCUT2D eigenvalue weighted by atomic mass is 9.81. The Kier molecular flexibility index (Phi) is 13.6. The molecule has 1 aliphatic heterocycles. The number of amides is 5. The molecule has 18 heteroatoms. The Bertz CT molecular complexity index is 2320. The van der Waals surface area contributed by atoms with E-state index in [1.165, 1.54) is 18.2 Å². The second kappa shape index (κ2) is 18.5. The number of rotatable bonds is 12. The third-order valence-corrected chi connectivity index (χ3v) is 10.9. The van der Waals surface area contributed by atoms with E-state index in [0.717, 1.165) is 23.1 Å². The van der Waals surface area contributed by atoms with E-state index in [-0.39, 0.29) is 46.8 Å². The molecule has 4 aromatic rings. The van der Waals surface area contributed by atoms with Crippen molar-refractivity contribution in [3.8, 4) is 11.1 Å². The summed E-state index contributed by atoms with van der Waals surface area (Å²) in [7, 11) is 0. The van der Waals surface area contributed by atoms with Gasteiger partial charge in [0.2, 0.25) is 17.7 Å². The molecule has 0 radical (unpaired) electrons. The van der Waals surface area contributed by atoms with Crippen molar-refractivity contribution in [2.75, 3.05) is 18.4 Å². The van der Waals surface area contributed by atoms with Crippen LogP contribution in [0, 0.1) is 18.8 Å². The molecular weight excluding hydrogens is 818 g/mol. The van der Waals surface area contributed by atoms with Gasteiger partial charge in [0, 0.05) is 36.7 Å². The lowest BCUT2D eigenvalue weighted by molar-refractivity contribution is -0.292. The van der Waals surface area contributed by atoms with Crippen LogP contribution >= 0.6 is 0 Å². The number of aromatic nitrogens is 2. The van der Waals surface area contributed by atoms with Gasteiger partial charge < -0.3 is 36.3 Å². The van der Waals surface area contributed by atoms with E-state index in [4.69, 9.17) is 4.74 Å². The maximum atomic E-state index is 14.1. The van der Waals surface area contributed by atoms with Crippen molar-refractivity contribution in [2.45, 2.75) is 102 Å². The molecule has 5 amide bonds. The Morgan fingerprint density at radius 3 is 2.34 bits per heavy atom. The molecule has 1 aromatic heterocycles. The standard InChI is InChI=1S/C44H50F5N7O6/c1-24-19-29(37(58)53-33-9-6-18-50-38(33)59)14-16-31(24)28-8-5-7-26(20-28)21-35(54-36(57)27-12-10-25(11-13-27)23-51-41(61)62-42(2,3)4)39(60)52-30-15-17-32-34(22-30)56-40(55-32)43(45,46)44(47,48)49/h5,7-8,14-17,19-20,22,25,27,33,35H,6,9-13,18,21,23H2,1-4H3,(H,50,59)(H,51,61)(H,52,60)(H,53,58)(H,54,57)(H,55,56)/t25?,27?,33-,35+/m1/s1. The van der Waals surface area contributed by atoms with Crippen LogP contribution in [0.4, 0.5) is 32.4 Å². The van der Waals surface area contributed by atoms with Gasteiger partial charge in [0.25, 0.3) is 5.91 Å². The number of carbonyl (C=O) groups is 5. The fraction of sp³-hybridized carbons (Fsp3) is 0.455. The number of nitrogens with zero attached hydrogens (tertiary/aromatic N) is 1. The summed E-state index contributed by atoms with van der Waals surface area (Å²) >= 11 is 0. The largest absolute Gasteiger partial charge is 0.461 e. The Balaban J connectivity index is 1.18. The van der Waals surface area contributed by atoms with Crippen molar-refractivity contribution < 1.29 is 50.7 Å². The van der Waals surface area contributed by atoms with E-state index < -0.39 is 53.5 Å². The molecule has 3 aromatic carbocycles. The third kappa shape index (κ3) is 11.2. The van der Waals surface area contributed by atoms with Crippen molar-refractivity contribution in [2.24, 2.45) is 11.8 Å². The van der Waals surface area contributed by atoms with E-state index in [0.29, 0.717) is 56.3 Å². The minimum atomic E-state index is -5.88. The predicted octanol–water partition coefficient (Wildman–Crippen LogP) is 7.20. The smallest absolute Gasteiger partial charge is 0.444 e. The van der Waals surface area contributed by atoms with Gasteiger partial charge in [0.1, 0.15) is 17.7 Å². The monoisotopic (exact) mass is 867 g/mol. The van der Waals surface area contributed by atoms with E-state index in [1.807, 2.05) is 24.0 Å². The van der Waals surface area contributed by atoms with Crippen molar-refractivity contribution in [1.29, 1.82) is 0 Å². The van der Waals surface area contributed by atoms with Crippen LogP contribution in [-0.4, -0.2) is 76.6 Å². The van der Waals surface area contributed by atoms with E-state index in [1.54, 1.807) is 51.1 Å². The molecule has 2 heterocycles. The highest BCUT2D eigenvalue weighted by Gasteiger charge is 2.61. The molecule has 62 heavy (non-hydrogen) atoms. The van der Waals surface area contributed by atoms with Crippen molar-refractivity contribution in [3.63, 3.8) is 0 Å². The molecule has 1 aliphatic carbocycles. The average molecular weight is 868 g/mol. The van der Waals surface area contributed by atoms with Crippen LogP contribution < -0.4 is 26.6 Å². The van der Waals surface area contributed by atoms with E-state index >= 15 is 0 Å². The molecule has 0 bridgehead atoms. The summed E-state index contributed by atoms with van der Waals surface area (Å²) in [5.41, 5.74) is 2.43. The van der Waals surface area contributed by atoms with Crippen LogP contribution in [0.15, 0.2) is 60.7 Å². The molecular formula is C44H50F5N7O6. The Labute approximate surface area is 354 Å². The SMILES string of the molecule is Cc1cc(C(=O)N[C@@H]2CCCNC2=O)ccc1-c1cccc(C[C@H](NC(=O)C2CCC(CNC(=O)OC(C)(C)C)CC2)C(=O)Nc2ccc3nc(C(F)(F)C(F)(F)F)[nH]c3c2)c1. The second-order valence-electron chi connectivity index (χ2n) is 16.9. The van der Waals surface area contributed by atoms with Gasteiger partial charge in [-0.1, -0.05) is 30.3 Å². The van der Waals surface area contributed by atoms with Crippen LogP contribution in [0.3, 0.4) is 0 Å². The molecule has 1 saturated carbocycles. The van der Waals surface area contributed by atoms with Gasteiger partial charge in [-0.2, -0.15) is 22.0 Å². The number of halogens is 5. The number of hydrogen-bond acceptors (Lipinski definition) is 7. The summed E-state index contributed by atoms with van der Waals surface area (Å²) in [6.07, 6.45) is -2.81. The number of alkyl halides is 5. The van der Waals surface area contributed by atoms with Gasteiger partial charge in [0.05, 0.1) is 11.0 Å². The molecule has 0 spiro atoms. The second-order valence-corrected chi connectivity index (χ2v) is 16.9. The first-order chi connectivity index (χ1) is 29.2. The predicted molar refractivity (Wildman–Crippen MR) is 220 cm³/mol. The highest BCUT2D eigenvalue weighted by Crippen LogP contribution is 2.43. The normalized spacial score (nSPS) is 18.9. The van der Waals surface area contributed by atoms with Crippen LogP contribution in [0.5, 0.6) is 0 Å². The van der Waals surface area contributed by atoms with Gasteiger partial charge in [-0.15, -0.1) is 0 Å². The summed E-state index contributed by atoms with van der Waals surface area (Å²) in [5.74, 6) is -8.78. The zero-order valence-electron chi connectivity index (χ0n) is 34.7. The maximum absolute atomic E-state index is 14.1. The molecule has 2 aliphatic rings. The summed E-state index contributed by atoms with van der Waals surface area (Å²) in [4.78, 5) is 70.6. The zero-order chi connectivity index (χ0) is 45.0. The fourth-order valence-electron chi connectivity index (χ4n) is 7.65. The molecule has 1 saturated heterocycles. The first kappa shape index (κ1) is 45.5. The van der Waals surface area contributed by atoms with E-state index in [2.05, 4.69) is 31.6 Å². The third-order valence-electron chi connectivity index (χ3n) is 10.9. The number of hydrogen-bond donors (Lipinski definition) is 6. The van der Waals surface area contributed by atoms with Crippen LogP contribution in [0.2, 0.25) is 0 Å². The van der Waals surface area contributed by atoms with Crippen LogP contribution in [0.25, 0.3) is 22.2 Å². The number of carbonyl (C=O) groups excluding carboxylic acids is 5. The maximum Gasteiger partial charge on any atom is 0.461 e. The number of anilines is 1. The first-order valence-corrected chi connectivity index (χ1v) is 20.5. The number of alkyl carbamates (subject to hydrolysis) is 1. The quantitative estimate of drug-likeness (QED) is 0.0814. The Morgan fingerprint density at radius 1 is 0.919 bits per heavy atom. The number of H-pyrrole nitrogens is 1. The molecule has 6 N–H and O–H groups in total. The lowest BCUT2D eigenvalue weighted by Crippen LogP contribution is -2.50. The van der Waals surface area contributed by atoms with E-state index in [9.17, 15) is 45.9 Å². The molecule has 6 rings (SSSR count). The minimum Gasteiger partial charge on any atom is -0.444 e. The summed E-state index contributed by atoms with van der Waals surface area (Å²) in [5, 5.41) is 13.9. The molecule has 13 nitrogen and oxygen atoms in total. The summed E-state index contributed by atoms with van der Waals surface area (Å²) in [6, 6.07) is 14.4. The van der Waals surface area contributed by atoms with Crippen molar-refractivity contribution >= 4 is 46.4 Å². The number of piperidine rings is 1. The number of ether oxygens (including phenoxy) is 1. The highest BCUT2D eigenvalue weighted by atomic mass is 19.4. The van der Waals surface area contributed by atoms with Gasteiger partial charge in [-0.25, -0.2) is 9.78 Å². The van der Waals surface area contributed by atoms with Gasteiger partial charge in [-0.3, -0.25) is 19.2 Å². The number of aromatic amines is 1. The highest BCUT2D eigenvalue weighted by molar-refractivity contribution is 5.99. The first-order valence-electron chi connectivity index (χ1n) is 20.5. The molecule has 2 fully saturated rings.